The fourth-order valence-electron chi connectivity index (χ4n) is 1.40. The smallest absolute Gasteiger partial charge is 0.281 e. The molecule has 1 aliphatic rings. The third-order valence-corrected chi connectivity index (χ3v) is 5.30. The molecule has 1 heterocycles. The van der Waals surface area contributed by atoms with Gasteiger partial charge in [0.25, 0.3) is 10.2 Å². The van der Waals surface area contributed by atoms with Crippen molar-refractivity contribution in [3.05, 3.63) is 0 Å². The van der Waals surface area contributed by atoms with Crippen LogP contribution in [-0.4, -0.2) is 61.8 Å². The van der Waals surface area contributed by atoms with Crippen LogP contribution >= 0.6 is 11.8 Å². The van der Waals surface area contributed by atoms with Crippen molar-refractivity contribution in [1.82, 2.24) is 8.61 Å². The molecule has 0 spiro atoms. The number of rotatable bonds is 5. The van der Waals surface area contributed by atoms with Crippen molar-refractivity contribution in [2.75, 3.05) is 44.7 Å². The van der Waals surface area contributed by atoms with Crippen molar-refractivity contribution < 1.29 is 8.42 Å². The van der Waals surface area contributed by atoms with Gasteiger partial charge in [-0.2, -0.15) is 28.8 Å². The molecule has 0 saturated carbocycles. The quantitative estimate of drug-likeness (QED) is 0.721. The van der Waals surface area contributed by atoms with Crippen molar-refractivity contribution in [3.8, 4) is 0 Å². The molecular weight excluding hydrogens is 234 g/mol. The minimum atomic E-state index is -3.24. The van der Waals surface area contributed by atoms with Crippen molar-refractivity contribution in [3.63, 3.8) is 0 Å². The molecule has 7 heteroatoms. The van der Waals surface area contributed by atoms with Crippen LogP contribution in [-0.2, 0) is 10.2 Å². The highest BCUT2D eigenvalue weighted by atomic mass is 32.2. The molecule has 0 amide bonds. The highest BCUT2D eigenvalue weighted by Gasteiger charge is 2.27. The summed E-state index contributed by atoms with van der Waals surface area (Å²) in [5.41, 5.74) is 5.36. The van der Waals surface area contributed by atoms with Gasteiger partial charge in [-0.15, -0.1) is 0 Å². The van der Waals surface area contributed by atoms with Crippen molar-refractivity contribution >= 4 is 22.0 Å². The molecule has 5 nitrogen and oxygen atoms in total. The normalized spacial score (nSPS) is 19.7. The first-order valence-electron chi connectivity index (χ1n) is 5.08. The Hall–Kier alpha value is 0.180. The Labute approximate surface area is 96.2 Å². The SMILES string of the molecule is CN(CCCN)S(=O)(=O)N1CCSCC1. The lowest BCUT2D eigenvalue weighted by molar-refractivity contribution is 0.375. The molecule has 0 atom stereocenters. The topological polar surface area (TPSA) is 66.6 Å². The summed E-state index contributed by atoms with van der Waals surface area (Å²) in [5.74, 6) is 1.79. The lowest BCUT2D eigenvalue weighted by Crippen LogP contribution is -2.46. The average Bonchev–Trinajstić information content (AvgIpc) is 2.27. The van der Waals surface area contributed by atoms with Gasteiger partial charge >= 0.3 is 0 Å². The maximum Gasteiger partial charge on any atom is 0.281 e. The van der Waals surface area contributed by atoms with E-state index in [2.05, 4.69) is 0 Å². The summed E-state index contributed by atoms with van der Waals surface area (Å²) in [6.45, 7) is 2.28. The van der Waals surface area contributed by atoms with Crippen LogP contribution in [0.2, 0.25) is 0 Å². The first kappa shape index (κ1) is 13.2. The molecule has 1 rings (SSSR count). The summed E-state index contributed by atoms with van der Waals surface area (Å²) in [7, 11) is -1.62. The summed E-state index contributed by atoms with van der Waals surface area (Å²) < 4.78 is 26.9. The van der Waals surface area contributed by atoms with E-state index in [-0.39, 0.29) is 0 Å². The van der Waals surface area contributed by atoms with Crippen LogP contribution in [0.1, 0.15) is 6.42 Å². The Morgan fingerprint density at radius 1 is 1.40 bits per heavy atom. The van der Waals surface area contributed by atoms with Crippen LogP contribution in [0.15, 0.2) is 0 Å². The van der Waals surface area contributed by atoms with Crippen LogP contribution in [0.4, 0.5) is 0 Å². The Morgan fingerprint density at radius 3 is 2.53 bits per heavy atom. The predicted octanol–water partition coefficient (Wildman–Crippen LogP) is -0.439. The third kappa shape index (κ3) is 3.60. The van der Waals surface area contributed by atoms with Gasteiger partial charge in [0.2, 0.25) is 0 Å². The zero-order valence-corrected chi connectivity index (χ0v) is 10.7. The number of thioether (sulfide) groups is 1. The van der Waals surface area contributed by atoms with E-state index in [0.29, 0.717) is 32.6 Å². The second-order valence-corrected chi connectivity index (χ2v) is 6.74. The molecule has 0 radical (unpaired) electrons. The average molecular weight is 253 g/mol. The minimum absolute atomic E-state index is 0.502. The van der Waals surface area contributed by atoms with E-state index >= 15 is 0 Å². The van der Waals surface area contributed by atoms with E-state index in [1.165, 1.54) is 4.31 Å². The summed E-state index contributed by atoms with van der Waals surface area (Å²) >= 11 is 1.80. The molecular formula is C8H19N3O2S2. The first-order valence-corrected chi connectivity index (χ1v) is 7.63. The number of nitrogens with two attached hydrogens (primary N) is 1. The Kier molecular flexibility index (Phi) is 5.34. The van der Waals surface area contributed by atoms with Gasteiger partial charge in [0, 0.05) is 38.2 Å². The van der Waals surface area contributed by atoms with Crippen LogP contribution in [0.3, 0.4) is 0 Å². The highest BCUT2D eigenvalue weighted by Crippen LogP contribution is 2.15. The van der Waals surface area contributed by atoms with Gasteiger partial charge in [0.15, 0.2) is 0 Å². The van der Waals surface area contributed by atoms with E-state index in [4.69, 9.17) is 5.73 Å². The minimum Gasteiger partial charge on any atom is -0.330 e. The standard InChI is InChI=1S/C8H19N3O2S2/c1-10(4-2-3-9)15(12,13)11-5-7-14-8-6-11/h2-9H2,1H3. The zero-order chi connectivity index (χ0) is 11.3. The van der Waals surface area contributed by atoms with E-state index in [9.17, 15) is 8.42 Å². The monoisotopic (exact) mass is 253 g/mol. The van der Waals surface area contributed by atoms with Crippen molar-refractivity contribution in [2.24, 2.45) is 5.73 Å². The van der Waals surface area contributed by atoms with Crippen molar-refractivity contribution in [1.29, 1.82) is 0 Å². The van der Waals surface area contributed by atoms with E-state index in [0.717, 1.165) is 11.5 Å². The molecule has 0 aromatic heterocycles. The van der Waals surface area contributed by atoms with Crippen LogP contribution in [0.5, 0.6) is 0 Å². The molecule has 1 aliphatic heterocycles. The second-order valence-electron chi connectivity index (χ2n) is 3.48. The molecule has 1 fully saturated rings. The molecule has 15 heavy (non-hydrogen) atoms. The molecule has 0 aromatic carbocycles. The van der Waals surface area contributed by atoms with E-state index < -0.39 is 10.2 Å². The van der Waals surface area contributed by atoms with Gasteiger partial charge in [-0.25, -0.2) is 0 Å². The molecule has 90 valence electrons. The zero-order valence-electron chi connectivity index (χ0n) is 9.05. The van der Waals surface area contributed by atoms with E-state index in [1.54, 1.807) is 23.1 Å². The van der Waals surface area contributed by atoms with Gasteiger partial charge in [-0.1, -0.05) is 0 Å². The van der Waals surface area contributed by atoms with Gasteiger partial charge in [-0.3, -0.25) is 0 Å². The number of nitrogens with zero attached hydrogens (tertiary/aromatic N) is 2. The molecule has 2 N–H and O–H groups in total. The maximum atomic E-state index is 12.0. The fourth-order valence-corrected chi connectivity index (χ4v) is 3.94. The Bertz CT molecular complexity index is 276. The molecule has 0 bridgehead atoms. The van der Waals surface area contributed by atoms with Gasteiger partial charge in [0.1, 0.15) is 0 Å². The highest BCUT2D eigenvalue weighted by molar-refractivity contribution is 7.99. The molecule has 1 saturated heterocycles. The molecule has 0 aliphatic carbocycles. The van der Waals surface area contributed by atoms with Crippen LogP contribution in [0, 0.1) is 0 Å². The lowest BCUT2D eigenvalue weighted by Gasteiger charge is -2.29. The van der Waals surface area contributed by atoms with Crippen LogP contribution < -0.4 is 5.73 Å². The Balaban J connectivity index is 2.55. The summed E-state index contributed by atoms with van der Waals surface area (Å²) in [4.78, 5) is 0. The van der Waals surface area contributed by atoms with Gasteiger partial charge in [0.05, 0.1) is 0 Å². The van der Waals surface area contributed by atoms with E-state index in [1.807, 2.05) is 0 Å². The summed E-state index contributed by atoms with van der Waals surface area (Å²) in [6.07, 6.45) is 0.707. The summed E-state index contributed by atoms with van der Waals surface area (Å²) in [5, 5.41) is 0. The number of hydrogen-bond donors (Lipinski definition) is 1. The fraction of sp³-hybridized carbons (Fsp3) is 1.00. The van der Waals surface area contributed by atoms with Gasteiger partial charge in [-0.05, 0) is 13.0 Å². The largest absolute Gasteiger partial charge is 0.330 e. The third-order valence-electron chi connectivity index (χ3n) is 2.37. The van der Waals surface area contributed by atoms with Gasteiger partial charge < -0.3 is 5.73 Å². The summed E-state index contributed by atoms with van der Waals surface area (Å²) in [6, 6.07) is 0. The van der Waals surface area contributed by atoms with Crippen LogP contribution in [0.25, 0.3) is 0 Å². The first-order chi connectivity index (χ1) is 7.09. The lowest BCUT2D eigenvalue weighted by atomic mass is 10.4. The molecule has 0 unspecified atom stereocenters. The maximum absolute atomic E-state index is 12.0. The Morgan fingerprint density at radius 2 is 2.00 bits per heavy atom. The number of hydrogen-bond acceptors (Lipinski definition) is 4. The predicted molar refractivity (Wildman–Crippen MR) is 64.1 cm³/mol. The van der Waals surface area contributed by atoms with Crippen molar-refractivity contribution in [2.45, 2.75) is 6.42 Å². The molecule has 0 aromatic rings. The second kappa shape index (κ2) is 6.05.